The summed E-state index contributed by atoms with van der Waals surface area (Å²) in [5.41, 5.74) is 3.54. The van der Waals surface area contributed by atoms with E-state index < -0.39 is 0 Å². The molecule has 0 aliphatic rings. The molecule has 2 rings (SSSR count). The van der Waals surface area contributed by atoms with Crippen LogP contribution < -0.4 is 5.32 Å². The molecule has 0 aliphatic heterocycles. The average Bonchev–Trinajstić information content (AvgIpc) is 2.73. The Balaban J connectivity index is 2.27. The van der Waals surface area contributed by atoms with E-state index in [1.807, 2.05) is 24.0 Å². The number of nitrogens with one attached hydrogen (secondary N) is 1. The van der Waals surface area contributed by atoms with Gasteiger partial charge in [-0.1, -0.05) is 38.1 Å². The summed E-state index contributed by atoms with van der Waals surface area (Å²) in [4.78, 5) is 0. The number of rotatable bonds is 4. The normalized spacial score (nSPS) is 11.1. The van der Waals surface area contributed by atoms with Crippen LogP contribution in [0.15, 0.2) is 36.5 Å². The molecule has 0 atom stereocenters. The zero-order chi connectivity index (χ0) is 12.3. The van der Waals surface area contributed by atoms with Crippen LogP contribution in [0.2, 0.25) is 0 Å². The minimum Gasteiger partial charge on any atom is -0.310 e. The Kier molecular flexibility index (Phi) is 3.59. The number of aryl methyl sites for hydroxylation is 1. The second kappa shape index (κ2) is 5.15. The zero-order valence-corrected chi connectivity index (χ0v) is 10.6. The van der Waals surface area contributed by atoms with Crippen molar-refractivity contribution in [3.05, 3.63) is 42.1 Å². The highest BCUT2D eigenvalue weighted by Gasteiger charge is 2.07. The van der Waals surface area contributed by atoms with Crippen LogP contribution in [0.3, 0.4) is 0 Å². The molecule has 3 nitrogen and oxygen atoms in total. The summed E-state index contributed by atoms with van der Waals surface area (Å²) in [6.07, 6.45) is 1.97. The molecule has 90 valence electrons. The van der Waals surface area contributed by atoms with Crippen molar-refractivity contribution < 1.29 is 0 Å². The van der Waals surface area contributed by atoms with Gasteiger partial charge < -0.3 is 5.32 Å². The maximum atomic E-state index is 4.46. The zero-order valence-electron chi connectivity index (χ0n) is 10.6. The van der Waals surface area contributed by atoms with E-state index in [4.69, 9.17) is 0 Å². The van der Waals surface area contributed by atoms with Gasteiger partial charge >= 0.3 is 0 Å². The molecule has 0 saturated carbocycles. The summed E-state index contributed by atoms with van der Waals surface area (Å²) in [5.74, 6) is 0. The summed E-state index contributed by atoms with van der Waals surface area (Å²) < 4.78 is 1.84. The molecule has 0 unspecified atom stereocenters. The molecule has 1 aromatic carbocycles. The predicted octanol–water partition coefficient (Wildman–Crippen LogP) is 2.59. The summed E-state index contributed by atoms with van der Waals surface area (Å²) in [5, 5.41) is 7.90. The van der Waals surface area contributed by atoms with Gasteiger partial charge in [-0.15, -0.1) is 0 Å². The largest absolute Gasteiger partial charge is 0.310 e. The highest BCUT2D eigenvalue weighted by molar-refractivity contribution is 5.63. The van der Waals surface area contributed by atoms with Crippen molar-refractivity contribution in [1.82, 2.24) is 15.1 Å². The molecule has 0 spiro atoms. The third-order valence-corrected chi connectivity index (χ3v) is 2.71. The smallest absolute Gasteiger partial charge is 0.0926 e. The second-order valence-corrected chi connectivity index (χ2v) is 4.57. The first-order valence-corrected chi connectivity index (χ1v) is 5.98. The van der Waals surface area contributed by atoms with E-state index >= 15 is 0 Å². The Labute approximate surface area is 102 Å². The van der Waals surface area contributed by atoms with Crippen LogP contribution >= 0.6 is 0 Å². The molecule has 0 bridgehead atoms. The van der Waals surface area contributed by atoms with Gasteiger partial charge in [0.2, 0.25) is 0 Å². The summed E-state index contributed by atoms with van der Waals surface area (Å²) in [6.45, 7) is 5.19. The SMILES string of the molecule is CC(C)NCc1ccccc1-c1ccn(C)n1. The Hall–Kier alpha value is -1.61. The van der Waals surface area contributed by atoms with Crippen molar-refractivity contribution in [1.29, 1.82) is 0 Å². The van der Waals surface area contributed by atoms with Gasteiger partial charge in [-0.3, -0.25) is 4.68 Å². The van der Waals surface area contributed by atoms with E-state index in [9.17, 15) is 0 Å². The fourth-order valence-corrected chi connectivity index (χ4v) is 1.80. The standard InChI is InChI=1S/C14H19N3/c1-11(2)15-10-12-6-4-5-7-13(12)14-8-9-17(3)16-14/h4-9,11,15H,10H2,1-3H3. The molecule has 0 amide bonds. The van der Waals surface area contributed by atoms with Crippen LogP contribution in [-0.4, -0.2) is 15.8 Å². The number of nitrogens with zero attached hydrogens (tertiary/aromatic N) is 2. The first-order valence-electron chi connectivity index (χ1n) is 5.98. The van der Waals surface area contributed by atoms with Gasteiger partial charge in [-0.2, -0.15) is 5.10 Å². The lowest BCUT2D eigenvalue weighted by Crippen LogP contribution is -2.22. The highest BCUT2D eigenvalue weighted by atomic mass is 15.2. The van der Waals surface area contributed by atoms with Crippen molar-refractivity contribution in [3.8, 4) is 11.3 Å². The topological polar surface area (TPSA) is 29.9 Å². The Morgan fingerprint density at radius 2 is 2.00 bits per heavy atom. The van der Waals surface area contributed by atoms with Gasteiger partial charge in [0.05, 0.1) is 5.69 Å². The number of aromatic nitrogens is 2. The quantitative estimate of drug-likeness (QED) is 0.873. The van der Waals surface area contributed by atoms with E-state index in [0.717, 1.165) is 12.2 Å². The maximum absolute atomic E-state index is 4.46. The molecule has 0 saturated heterocycles. The Morgan fingerprint density at radius 1 is 1.24 bits per heavy atom. The number of hydrogen-bond donors (Lipinski definition) is 1. The van der Waals surface area contributed by atoms with Crippen molar-refractivity contribution >= 4 is 0 Å². The predicted molar refractivity (Wildman–Crippen MR) is 70.6 cm³/mol. The molecule has 0 fully saturated rings. The molecule has 1 N–H and O–H groups in total. The third kappa shape index (κ3) is 2.94. The lowest BCUT2D eigenvalue weighted by molar-refractivity contribution is 0.589. The molecule has 3 heteroatoms. The highest BCUT2D eigenvalue weighted by Crippen LogP contribution is 2.21. The van der Waals surface area contributed by atoms with Crippen molar-refractivity contribution in [2.45, 2.75) is 26.4 Å². The van der Waals surface area contributed by atoms with Crippen molar-refractivity contribution in [2.24, 2.45) is 7.05 Å². The summed E-state index contributed by atoms with van der Waals surface area (Å²) in [7, 11) is 1.94. The molecule has 1 aromatic heterocycles. The van der Waals surface area contributed by atoms with E-state index in [1.165, 1.54) is 11.1 Å². The van der Waals surface area contributed by atoms with E-state index in [-0.39, 0.29) is 0 Å². The first-order chi connectivity index (χ1) is 8.16. The minimum absolute atomic E-state index is 0.492. The molecule has 17 heavy (non-hydrogen) atoms. The minimum atomic E-state index is 0.492. The fourth-order valence-electron chi connectivity index (χ4n) is 1.80. The van der Waals surface area contributed by atoms with Crippen LogP contribution in [0.1, 0.15) is 19.4 Å². The maximum Gasteiger partial charge on any atom is 0.0926 e. The average molecular weight is 229 g/mol. The monoisotopic (exact) mass is 229 g/mol. The first kappa shape index (κ1) is 11.9. The molecule has 1 heterocycles. The van der Waals surface area contributed by atoms with E-state index in [1.54, 1.807) is 0 Å². The van der Waals surface area contributed by atoms with Gasteiger partial charge in [-0.05, 0) is 11.6 Å². The van der Waals surface area contributed by atoms with Gasteiger partial charge in [0, 0.05) is 31.4 Å². The molecular weight excluding hydrogens is 210 g/mol. The third-order valence-electron chi connectivity index (χ3n) is 2.71. The summed E-state index contributed by atoms with van der Waals surface area (Å²) in [6, 6.07) is 11.0. The van der Waals surface area contributed by atoms with Crippen LogP contribution in [0, 0.1) is 0 Å². The molecule has 0 radical (unpaired) electrons. The van der Waals surface area contributed by atoms with Crippen LogP contribution in [0.25, 0.3) is 11.3 Å². The summed E-state index contributed by atoms with van der Waals surface area (Å²) >= 11 is 0. The van der Waals surface area contributed by atoms with Crippen molar-refractivity contribution in [3.63, 3.8) is 0 Å². The van der Waals surface area contributed by atoms with Crippen molar-refractivity contribution in [2.75, 3.05) is 0 Å². The van der Waals surface area contributed by atoms with Gasteiger partial charge in [0.1, 0.15) is 0 Å². The lowest BCUT2D eigenvalue weighted by atomic mass is 10.0. The van der Waals surface area contributed by atoms with Crippen LogP contribution in [-0.2, 0) is 13.6 Å². The van der Waals surface area contributed by atoms with Gasteiger partial charge in [0.25, 0.3) is 0 Å². The number of hydrogen-bond acceptors (Lipinski definition) is 2. The van der Waals surface area contributed by atoms with Crippen LogP contribution in [0.5, 0.6) is 0 Å². The lowest BCUT2D eigenvalue weighted by Gasteiger charge is -2.11. The van der Waals surface area contributed by atoms with Crippen LogP contribution in [0.4, 0.5) is 0 Å². The molecule has 2 aromatic rings. The fraction of sp³-hybridized carbons (Fsp3) is 0.357. The van der Waals surface area contributed by atoms with E-state index in [0.29, 0.717) is 6.04 Å². The second-order valence-electron chi connectivity index (χ2n) is 4.57. The van der Waals surface area contributed by atoms with Gasteiger partial charge in [-0.25, -0.2) is 0 Å². The molecule has 0 aliphatic carbocycles. The Morgan fingerprint density at radius 3 is 2.65 bits per heavy atom. The number of benzene rings is 1. The Bertz CT molecular complexity index is 486. The van der Waals surface area contributed by atoms with Gasteiger partial charge in [0.15, 0.2) is 0 Å². The van der Waals surface area contributed by atoms with E-state index in [2.05, 4.69) is 48.5 Å². The molecular formula is C14H19N3.